The van der Waals surface area contributed by atoms with Gasteiger partial charge >= 0.3 is 5.97 Å². The molecule has 0 aliphatic rings. The Morgan fingerprint density at radius 3 is 2.06 bits per heavy atom. The quantitative estimate of drug-likeness (QED) is 0.481. The van der Waals surface area contributed by atoms with E-state index in [-0.39, 0.29) is 24.7 Å². The first-order chi connectivity index (χ1) is 7.25. The van der Waals surface area contributed by atoms with Crippen molar-refractivity contribution >= 4 is 30.2 Å². The van der Waals surface area contributed by atoms with Crippen LogP contribution in [0.15, 0.2) is 0 Å². The summed E-state index contributed by atoms with van der Waals surface area (Å²) in [5.41, 5.74) is 10.2. The molecular formula is C9H18ClN3O4. The fourth-order valence-electron chi connectivity index (χ4n) is 1.08. The zero-order chi connectivity index (χ0) is 12.9. The van der Waals surface area contributed by atoms with E-state index in [0.29, 0.717) is 0 Å². The number of carbonyl (C=O) groups excluding carboxylic acids is 2. The van der Waals surface area contributed by atoms with Crippen LogP contribution in [0.4, 0.5) is 0 Å². The molecule has 0 bridgehead atoms. The van der Waals surface area contributed by atoms with Crippen molar-refractivity contribution in [1.29, 1.82) is 0 Å². The van der Waals surface area contributed by atoms with Crippen LogP contribution in [0.3, 0.4) is 0 Å². The predicted molar refractivity (Wildman–Crippen MR) is 63.4 cm³/mol. The number of primary amides is 1. The van der Waals surface area contributed by atoms with Gasteiger partial charge in [0.05, 0.1) is 12.5 Å². The van der Waals surface area contributed by atoms with Crippen LogP contribution in [0, 0.1) is 5.92 Å². The van der Waals surface area contributed by atoms with Crippen molar-refractivity contribution in [3.05, 3.63) is 0 Å². The first-order valence-electron chi connectivity index (χ1n) is 4.82. The second kappa shape index (κ2) is 7.86. The minimum atomic E-state index is -1.14. The van der Waals surface area contributed by atoms with E-state index in [1.165, 1.54) is 0 Å². The lowest BCUT2D eigenvalue weighted by atomic mass is 10.0. The maximum absolute atomic E-state index is 11.4. The number of hydrogen-bond donors (Lipinski definition) is 4. The second-order valence-corrected chi connectivity index (χ2v) is 3.85. The Kier molecular flexibility index (Phi) is 8.34. The molecule has 0 rings (SSSR count). The summed E-state index contributed by atoms with van der Waals surface area (Å²) in [6, 6.07) is -2.13. The highest BCUT2D eigenvalue weighted by Crippen LogP contribution is 2.02. The maximum atomic E-state index is 11.4. The highest BCUT2D eigenvalue weighted by atomic mass is 35.5. The number of carboxylic acids is 1. The number of nitrogens with two attached hydrogens (primary N) is 2. The minimum Gasteiger partial charge on any atom is -0.480 e. The van der Waals surface area contributed by atoms with Gasteiger partial charge in [-0.1, -0.05) is 13.8 Å². The van der Waals surface area contributed by atoms with E-state index in [2.05, 4.69) is 5.32 Å². The third-order valence-electron chi connectivity index (χ3n) is 1.99. The summed E-state index contributed by atoms with van der Waals surface area (Å²) in [4.78, 5) is 32.7. The summed E-state index contributed by atoms with van der Waals surface area (Å²) in [6.45, 7) is 3.30. The van der Waals surface area contributed by atoms with Crippen LogP contribution in [0.2, 0.25) is 0 Å². The average molecular weight is 268 g/mol. The topological polar surface area (TPSA) is 136 Å². The molecule has 0 aliphatic heterocycles. The summed E-state index contributed by atoms with van der Waals surface area (Å²) < 4.78 is 0. The number of aliphatic carboxylic acids is 1. The lowest BCUT2D eigenvalue weighted by molar-refractivity contribution is -0.143. The third-order valence-corrected chi connectivity index (χ3v) is 1.99. The van der Waals surface area contributed by atoms with Crippen LogP contribution in [0.1, 0.15) is 20.3 Å². The molecule has 6 N–H and O–H groups in total. The molecule has 100 valence electrons. The average Bonchev–Trinajstić information content (AvgIpc) is 2.11. The highest BCUT2D eigenvalue weighted by Gasteiger charge is 2.26. The number of carbonyl (C=O) groups is 3. The van der Waals surface area contributed by atoms with Gasteiger partial charge in [0.25, 0.3) is 0 Å². The van der Waals surface area contributed by atoms with Crippen LogP contribution in [0.25, 0.3) is 0 Å². The molecule has 7 nitrogen and oxygen atoms in total. The summed E-state index contributed by atoms with van der Waals surface area (Å²) >= 11 is 0. The van der Waals surface area contributed by atoms with Gasteiger partial charge in [0.1, 0.15) is 6.04 Å². The molecule has 0 aromatic carbocycles. The zero-order valence-corrected chi connectivity index (χ0v) is 10.5. The van der Waals surface area contributed by atoms with Gasteiger partial charge in [-0.25, -0.2) is 4.79 Å². The van der Waals surface area contributed by atoms with E-state index in [1.54, 1.807) is 13.8 Å². The number of amides is 2. The number of halogens is 1. The van der Waals surface area contributed by atoms with Crippen LogP contribution in [0.5, 0.6) is 0 Å². The number of carboxylic acid groups (broad SMARTS) is 1. The van der Waals surface area contributed by atoms with Gasteiger partial charge in [-0.3, -0.25) is 9.59 Å². The summed E-state index contributed by atoms with van der Waals surface area (Å²) in [6.07, 6.45) is -0.309. The first-order valence-corrected chi connectivity index (χ1v) is 4.82. The summed E-state index contributed by atoms with van der Waals surface area (Å²) in [7, 11) is 0. The van der Waals surface area contributed by atoms with Gasteiger partial charge in [0.15, 0.2) is 0 Å². The van der Waals surface area contributed by atoms with E-state index < -0.39 is 29.9 Å². The van der Waals surface area contributed by atoms with Crippen LogP contribution >= 0.6 is 12.4 Å². The molecule has 0 heterocycles. The van der Waals surface area contributed by atoms with Crippen molar-refractivity contribution in [3.63, 3.8) is 0 Å². The van der Waals surface area contributed by atoms with E-state index in [9.17, 15) is 14.4 Å². The molecule has 0 aliphatic carbocycles. The van der Waals surface area contributed by atoms with Crippen molar-refractivity contribution < 1.29 is 19.5 Å². The standard InChI is InChI=1S/C9H17N3O4.ClH/c1-4(2)7(9(15)16)12-8(14)5(10)3-6(11)13;/h4-5,7H,3,10H2,1-2H3,(H2,11,13)(H,12,14)(H,15,16);1H/t5-,7+;/m1./s1. The summed E-state index contributed by atoms with van der Waals surface area (Å²) in [5.74, 6) is -2.82. The van der Waals surface area contributed by atoms with E-state index in [4.69, 9.17) is 16.6 Å². The monoisotopic (exact) mass is 267 g/mol. The molecule has 0 fully saturated rings. The molecule has 0 aromatic rings. The molecule has 0 aromatic heterocycles. The van der Waals surface area contributed by atoms with Crippen LogP contribution in [-0.2, 0) is 14.4 Å². The third kappa shape index (κ3) is 6.75. The van der Waals surface area contributed by atoms with Gasteiger partial charge < -0.3 is 21.9 Å². The molecule has 0 radical (unpaired) electrons. The fraction of sp³-hybridized carbons (Fsp3) is 0.667. The lowest BCUT2D eigenvalue weighted by Gasteiger charge is -2.19. The predicted octanol–water partition coefficient (Wildman–Crippen LogP) is -1.16. The van der Waals surface area contributed by atoms with Crippen molar-refractivity contribution in [2.24, 2.45) is 17.4 Å². The van der Waals surface area contributed by atoms with Gasteiger partial charge in [0, 0.05) is 0 Å². The number of nitrogens with one attached hydrogen (secondary N) is 1. The minimum absolute atomic E-state index is 0. The molecule has 0 spiro atoms. The Labute approximate surface area is 105 Å². The van der Waals surface area contributed by atoms with Gasteiger partial charge in [-0.15, -0.1) is 12.4 Å². The maximum Gasteiger partial charge on any atom is 0.326 e. The van der Waals surface area contributed by atoms with Crippen LogP contribution in [-0.4, -0.2) is 35.0 Å². The molecule has 2 amide bonds. The van der Waals surface area contributed by atoms with Gasteiger partial charge in [0.2, 0.25) is 11.8 Å². The molecule has 17 heavy (non-hydrogen) atoms. The fourth-order valence-corrected chi connectivity index (χ4v) is 1.08. The Balaban J connectivity index is 0. The Bertz CT molecular complexity index is 296. The Morgan fingerprint density at radius 2 is 1.76 bits per heavy atom. The molecule has 0 saturated carbocycles. The van der Waals surface area contributed by atoms with Crippen molar-refractivity contribution in [3.8, 4) is 0 Å². The molecule has 2 atom stereocenters. The van der Waals surface area contributed by atoms with Crippen molar-refractivity contribution in [1.82, 2.24) is 5.32 Å². The smallest absolute Gasteiger partial charge is 0.326 e. The van der Waals surface area contributed by atoms with E-state index >= 15 is 0 Å². The van der Waals surface area contributed by atoms with Gasteiger partial charge in [-0.05, 0) is 5.92 Å². The van der Waals surface area contributed by atoms with Gasteiger partial charge in [-0.2, -0.15) is 0 Å². The van der Waals surface area contributed by atoms with E-state index in [0.717, 1.165) is 0 Å². The molecular weight excluding hydrogens is 250 g/mol. The highest BCUT2D eigenvalue weighted by molar-refractivity contribution is 5.90. The number of hydrogen-bond acceptors (Lipinski definition) is 4. The van der Waals surface area contributed by atoms with E-state index in [1.807, 2.05) is 0 Å². The Morgan fingerprint density at radius 1 is 1.29 bits per heavy atom. The zero-order valence-electron chi connectivity index (χ0n) is 9.67. The lowest BCUT2D eigenvalue weighted by Crippen LogP contribution is -2.51. The second-order valence-electron chi connectivity index (χ2n) is 3.85. The molecule has 0 saturated heterocycles. The van der Waals surface area contributed by atoms with Crippen molar-refractivity contribution in [2.45, 2.75) is 32.4 Å². The van der Waals surface area contributed by atoms with Crippen molar-refractivity contribution in [2.75, 3.05) is 0 Å². The number of rotatable bonds is 6. The molecule has 8 heteroatoms. The SMILES string of the molecule is CC(C)[C@H](NC(=O)[C@H](N)CC(N)=O)C(=O)O.Cl. The normalized spacial score (nSPS) is 13.4. The van der Waals surface area contributed by atoms with Crippen LogP contribution < -0.4 is 16.8 Å². The Hall–Kier alpha value is -1.34. The molecule has 0 unspecified atom stereocenters. The first kappa shape index (κ1) is 18.0. The summed E-state index contributed by atoms with van der Waals surface area (Å²) in [5, 5.41) is 11.1. The largest absolute Gasteiger partial charge is 0.480 e.